The van der Waals surface area contributed by atoms with Gasteiger partial charge in [-0.05, 0) is 19.8 Å². The topological polar surface area (TPSA) is 23.8 Å². The van der Waals surface area contributed by atoms with Crippen molar-refractivity contribution in [2.75, 3.05) is 0 Å². The predicted octanol–water partition coefficient (Wildman–Crippen LogP) is 1.70. The van der Waals surface area contributed by atoms with Crippen molar-refractivity contribution in [3.8, 4) is 6.07 Å². The first kappa shape index (κ1) is 4.64. The molecule has 0 aromatic heterocycles. The molecule has 0 atom stereocenters. The molecule has 1 nitrogen and oxygen atoms in total. The number of nitriles is 1. The molecule has 0 unspecified atom stereocenters. The molecule has 1 rings (SSSR count). The van der Waals surface area contributed by atoms with Gasteiger partial charge in [0.1, 0.15) is 0 Å². The fourth-order valence-corrected chi connectivity index (χ4v) is 0.819. The molecule has 0 spiro atoms. The maximum Gasteiger partial charge on any atom is 0.0686 e. The van der Waals surface area contributed by atoms with Crippen LogP contribution in [0, 0.1) is 16.7 Å². The summed E-state index contributed by atoms with van der Waals surface area (Å²) in [4.78, 5) is 0. The van der Waals surface area contributed by atoms with Crippen LogP contribution in [-0.4, -0.2) is 0 Å². The van der Waals surface area contributed by atoms with Gasteiger partial charge in [0.05, 0.1) is 11.5 Å². The Morgan fingerprint density at radius 3 is 2.14 bits per heavy atom. The normalized spacial score (nSPS) is 25.1. The van der Waals surface area contributed by atoms with Gasteiger partial charge in [0.2, 0.25) is 0 Å². The summed E-state index contributed by atoms with van der Waals surface area (Å²) in [6.45, 7) is 2.02. The van der Waals surface area contributed by atoms with Crippen molar-refractivity contribution in [1.82, 2.24) is 0 Å². The summed E-state index contributed by atoms with van der Waals surface area (Å²) in [6.07, 6.45) is 3.48. The van der Waals surface area contributed by atoms with Gasteiger partial charge >= 0.3 is 0 Å². The first-order valence-electron chi connectivity index (χ1n) is 2.68. The molecule has 0 aromatic carbocycles. The minimum absolute atomic E-state index is 0.0694. The van der Waals surface area contributed by atoms with Crippen molar-refractivity contribution in [3.63, 3.8) is 0 Å². The second kappa shape index (κ2) is 1.23. The number of hydrogen-bond donors (Lipinski definition) is 0. The van der Waals surface area contributed by atoms with Gasteiger partial charge in [-0.25, -0.2) is 0 Å². The third-order valence-electron chi connectivity index (χ3n) is 1.73. The van der Waals surface area contributed by atoms with Crippen molar-refractivity contribution >= 4 is 0 Å². The minimum atomic E-state index is 0.0694. The molecule has 0 aromatic rings. The standard InChI is InChI=1S/C6H9N/c1-6(5-7)3-2-4-6/h2-4H2,1H3. The third-order valence-corrected chi connectivity index (χ3v) is 1.73. The lowest BCUT2D eigenvalue weighted by Gasteiger charge is -2.30. The van der Waals surface area contributed by atoms with Crippen LogP contribution in [0.5, 0.6) is 0 Å². The van der Waals surface area contributed by atoms with Gasteiger partial charge in [0, 0.05) is 0 Å². The molecule has 1 saturated carbocycles. The predicted molar refractivity (Wildman–Crippen MR) is 27.6 cm³/mol. The minimum Gasteiger partial charge on any atom is -0.198 e. The van der Waals surface area contributed by atoms with Crippen LogP contribution < -0.4 is 0 Å². The molecule has 0 saturated heterocycles. The Labute approximate surface area is 44.0 Å². The highest BCUT2D eigenvalue weighted by Crippen LogP contribution is 2.38. The maximum atomic E-state index is 8.40. The maximum absolute atomic E-state index is 8.40. The van der Waals surface area contributed by atoms with Crippen LogP contribution in [0.3, 0.4) is 0 Å². The lowest BCUT2D eigenvalue weighted by atomic mass is 9.72. The van der Waals surface area contributed by atoms with Crippen molar-refractivity contribution < 1.29 is 0 Å². The summed E-state index contributed by atoms with van der Waals surface area (Å²) in [5.41, 5.74) is 0.0694. The van der Waals surface area contributed by atoms with Crippen molar-refractivity contribution in [2.24, 2.45) is 5.41 Å². The molecule has 0 amide bonds. The summed E-state index contributed by atoms with van der Waals surface area (Å²) >= 11 is 0. The fourth-order valence-electron chi connectivity index (χ4n) is 0.819. The van der Waals surface area contributed by atoms with E-state index < -0.39 is 0 Å². The van der Waals surface area contributed by atoms with E-state index in [9.17, 15) is 0 Å². The van der Waals surface area contributed by atoms with E-state index in [0.717, 1.165) is 12.8 Å². The zero-order chi connectivity index (χ0) is 5.33. The molecule has 38 valence electrons. The Hall–Kier alpha value is -0.510. The molecule has 1 aliphatic carbocycles. The fraction of sp³-hybridized carbons (Fsp3) is 0.833. The van der Waals surface area contributed by atoms with E-state index in [1.54, 1.807) is 0 Å². The molecule has 0 N–H and O–H groups in total. The van der Waals surface area contributed by atoms with Gasteiger partial charge in [0.25, 0.3) is 0 Å². The van der Waals surface area contributed by atoms with Crippen molar-refractivity contribution in [3.05, 3.63) is 0 Å². The van der Waals surface area contributed by atoms with Gasteiger partial charge < -0.3 is 0 Å². The first-order valence-corrected chi connectivity index (χ1v) is 2.68. The highest BCUT2D eigenvalue weighted by molar-refractivity contribution is 5.00. The van der Waals surface area contributed by atoms with Crippen LogP contribution in [0.4, 0.5) is 0 Å². The molecular weight excluding hydrogens is 86.1 g/mol. The third kappa shape index (κ3) is 0.608. The number of nitrogens with zero attached hydrogens (tertiary/aromatic N) is 1. The van der Waals surface area contributed by atoms with E-state index in [0.29, 0.717) is 0 Å². The molecule has 0 aliphatic heterocycles. The average molecular weight is 95.1 g/mol. The zero-order valence-electron chi connectivity index (χ0n) is 4.57. The first-order chi connectivity index (χ1) is 3.27. The lowest BCUT2D eigenvalue weighted by molar-refractivity contribution is 0.245. The van der Waals surface area contributed by atoms with E-state index in [2.05, 4.69) is 6.07 Å². The quantitative estimate of drug-likeness (QED) is 0.449. The van der Waals surface area contributed by atoms with Gasteiger partial charge in [0.15, 0.2) is 0 Å². The van der Waals surface area contributed by atoms with E-state index in [-0.39, 0.29) is 5.41 Å². The van der Waals surface area contributed by atoms with Crippen LogP contribution >= 0.6 is 0 Å². The molecule has 0 radical (unpaired) electrons. The van der Waals surface area contributed by atoms with Gasteiger partial charge in [-0.1, -0.05) is 6.42 Å². The van der Waals surface area contributed by atoms with Gasteiger partial charge in [-0.15, -0.1) is 0 Å². The molecular formula is C6H9N. The van der Waals surface area contributed by atoms with Crippen molar-refractivity contribution in [1.29, 1.82) is 5.26 Å². The monoisotopic (exact) mass is 95.1 g/mol. The van der Waals surface area contributed by atoms with Crippen molar-refractivity contribution in [2.45, 2.75) is 26.2 Å². The van der Waals surface area contributed by atoms with Crippen LogP contribution in [0.25, 0.3) is 0 Å². The van der Waals surface area contributed by atoms with E-state index in [1.165, 1.54) is 6.42 Å². The number of rotatable bonds is 0. The lowest BCUT2D eigenvalue weighted by Crippen LogP contribution is -2.22. The average Bonchev–Trinajstić information content (AvgIpc) is 1.61. The second-order valence-electron chi connectivity index (χ2n) is 2.53. The van der Waals surface area contributed by atoms with Gasteiger partial charge in [-0.3, -0.25) is 0 Å². The second-order valence-corrected chi connectivity index (χ2v) is 2.53. The Morgan fingerprint density at radius 1 is 1.57 bits per heavy atom. The molecule has 7 heavy (non-hydrogen) atoms. The van der Waals surface area contributed by atoms with E-state index in [4.69, 9.17) is 5.26 Å². The summed E-state index contributed by atoms with van der Waals surface area (Å²) < 4.78 is 0. The SMILES string of the molecule is CC1(C#N)CCC1. The van der Waals surface area contributed by atoms with Gasteiger partial charge in [-0.2, -0.15) is 5.26 Å². The summed E-state index contributed by atoms with van der Waals surface area (Å²) in [5.74, 6) is 0. The summed E-state index contributed by atoms with van der Waals surface area (Å²) in [5, 5.41) is 8.40. The molecule has 1 aliphatic rings. The highest BCUT2D eigenvalue weighted by atomic mass is 14.4. The Balaban J connectivity index is 2.48. The number of hydrogen-bond acceptors (Lipinski definition) is 1. The summed E-state index contributed by atoms with van der Waals surface area (Å²) in [7, 11) is 0. The van der Waals surface area contributed by atoms with Crippen LogP contribution in [0.1, 0.15) is 26.2 Å². The smallest absolute Gasteiger partial charge is 0.0686 e. The van der Waals surface area contributed by atoms with Crippen LogP contribution in [0.2, 0.25) is 0 Å². The van der Waals surface area contributed by atoms with E-state index >= 15 is 0 Å². The van der Waals surface area contributed by atoms with Crippen LogP contribution in [-0.2, 0) is 0 Å². The summed E-state index contributed by atoms with van der Waals surface area (Å²) in [6, 6.07) is 2.28. The largest absolute Gasteiger partial charge is 0.198 e. The molecule has 0 bridgehead atoms. The molecule has 1 fully saturated rings. The Kier molecular flexibility index (Phi) is 0.815. The molecule has 0 heterocycles. The Bertz CT molecular complexity index is 106. The zero-order valence-corrected chi connectivity index (χ0v) is 4.57. The van der Waals surface area contributed by atoms with Crippen LogP contribution in [0.15, 0.2) is 0 Å². The molecule has 1 heteroatoms. The Morgan fingerprint density at radius 2 is 2.14 bits per heavy atom. The highest BCUT2D eigenvalue weighted by Gasteiger charge is 2.30. The van der Waals surface area contributed by atoms with E-state index in [1.807, 2.05) is 6.92 Å².